The average molecular weight is 534 g/mol. The normalized spacial score (nSPS) is 15.6. The van der Waals surface area contributed by atoms with E-state index in [4.69, 9.17) is 22.1 Å². The molecule has 37 heavy (non-hydrogen) atoms. The van der Waals surface area contributed by atoms with Crippen molar-refractivity contribution >= 4 is 40.3 Å². The predicted molar refractivity (Wildman–Crippen MR) is 158 cm³/mol. The standard InChI is InChI=1S/C30H35N3O2S2/c1-5-8-12-22(6-2)19-32-29(34)27(37-30(32)36)18-24-20-33(25-13-10-9-11-14-25)31-28(24)23-15-16-26(35-7-3)21(4)17-23/h9-11,13-18,20,22H,5-8,12,19H2,1-4H3/b27-18+. The van der Waals surface area contributed by atoms with Crippen LogP contribution in [0.2, 0.25) is 0 Å². The van der Waals surface area contributed by atoms with E-state index in [1.165, 1.54) is 18.2 Å². The molecule has 1 aliphatic rings. The third-order valence-corrected chi connectivity index (χ3v) is 8.03. The van der Waals surface area contributed by atoms with E-state index in [1.807, 2.05) is 73.3 Å². The first-order valence-corrected chi connectivity index (χ1v) is 14.3. The summed E-state index contributed by atoms with van der Waals surface area (Å²) in [6.45, 7) is 9.72. The van der Waals surface area contributed by atoms with E-state index in [1.54, 1.807) is 4.90 Å². The summed E-state index contributed by atoms with van der Waals surface area (Å²) in [5.74, 6) is 1.32. The van der Waals surface area contributed by atoms with Gasteiger partial charge in [-0.05, 0) is 68.2 Å². The lowest BCUT2D eigenvalue weighted by molar-refractivity contribution is -0.122. The van der Waals surface area contributed by atoms with Gasteiger partial charge in [-0.1, -0.05) is 75.3 Å². The first kappa shape index (κ1) is 27.1. The number of amides is 1. The number of para-hydroxylation sites is 1. The summed E-state index contributed by atoms with van der Waals surface area (Å²) in [5.41, 5.74) is 4.67. The van der Waals surface area contributed by atoms with Crippen LogP contribution in [0.3, 0.4) is 0 Å². The molecule has 1 aliphatic heterocycles. The van der Waals surface area contributed by atoms with Crippen molar-refractivity contribution < 1.29 is 9.53 Å². The fraction of sp³-hybridized carbons (Fsp3) is 0.367. The number of rotatable bonds is 11. The molecule has 1 aromatic heterocycles. The SMILES string of the molecule is CCCCC(CC)CN1C(=O)/C(=C\c2cn(-c3ccccc3)nc2-c2ccc(OCC)c(C)c2)SC1=S. The molecule has 5 nitrogen and oxygen atoms in total. The molecule has 7 heteroatoms. The molecule has 0 spiro atoms. The zero-order chi connectivity index (χ0) is 26.4. The van der Waals surface area contributed by atoms with Gasteiger partial charge in [-0.15, -0.1) is 0 Å². The highest BCUT2D eigenvalue weighted by Crippen LogP contribution is 2.36. The molecule has 1 amide bonds. The third-order valence-electron chi connectivity index (χ3n) is 6.66. The van der Waals surface area contributed by atoms with Gasteiger partial charge in [0.1, 0.15) is 15.8 Å². The van der Waals surface area contributed by atoms with Crippen LogP contribution >= 0.6 is 24.0 Å². The number of nitrogens with zero attached hydrogens (tertiary/aromatic N) is 3. The first-order valence-electron chi connectivity index (χ1n) is 13.1. The summed E-state index contributed by atoms with van der Waals surface area (Å²) in [5, 5.41) is 4.93. The number of thioether (sulfide) groups is 1. The minimum atomic E-state index is -0.00812. The first-order chi connectivity index (χ1) is 17.9. The van der Waals surface area contributed by atoms with Gasteiger partial charge in [0, 0.05) is 23.9 Å². The zero-order valence-electron chi connectivity index (χ0n) is 22.1. The van der Waals surface area contributed by atoms with Crippen LogP contribution in [0.25, 0.3) is 23.0 Å². The lowest BCUT2D eigenvalue weighted by atomic mass is 9.99. The van der Waals surface area contributed by atoms with Gasteiger partial charge >= 0.3 is 0 Å². The van der Waals surface area contributed by atoms with Crippen LogP contribution in [0.15, 0.2) is 59.6 Å². The summed E-state index contributed by atoms with van der Waals surface area (Å²) < 4.78 is 8.24. The molecule has 0 saturated carbocycles. The van der Waals surface area contributed by atoms with E-state index in [2.05, 4.69) is 19.9 Å². The highest BCUT2D eigenvalue weighted by Gasteiger charge is 2.33. The second-order valence-electron chi connectivity index (χ2n) is 9.34. The van der Waals surface area contributed by atoms with Gasteiger partial charge in [0.2, 0.25) is 0 Å². The molecular formula is C30H35N3O2S2. The number of thiocarbonyl (C=S) groups is 1. The van der Waals surface area contributed by atoms with Crippen LogP contribution in [0.4, 0.5) is 0 Å². The van der Waals surface area contributed by atoms with E-state index in [-0.39, 0.29) is 5.91 Å². The van der Waals surface area contributed by atoms with Gasteiger partial charge in [-0.3, -0.25) is 9.69 Å². The Balaban J connectivity index is 1.70. The molecule has 0 N–H and O–H groups in total. The molecule has 3 aromatic rings. The predicted octanol–water partition coefficient (Wildman–Crippen LogP) is 7.66. The van der Waals surface area contributed by atoms with Crippen molar-refractivity contribution in [1.29, 1.82) is 0 Å². The second kappa shape index (κ2) is 12.6. The maximum absolute atomic E-state index is 13.4. The maximum atomic E-state index is 13.4. The molecule has 2 aromatic carbocycles. The average Bonchev–Trinajstić information content (AvgIpc) is 3.44. The summed E-state index contributed by atoms with van der Waals surface area (Å²) in [4.78, 5) is 15.9. The monoisotopic (exact) mass is 533 g/mol. The number of aryl methyl sites for hydroxylation is 1. The van der Waals surface area contributed by atoms with Crippen LogP contribution in [0.5, 0.6) is 5.75 Å². The van der Waals surface area contributed by atoms with Gasteiger partial charge in [-0.25, -0.2) is 4.68 Å². The van der Waals surface area contributed by atoms with Crippen LogP contribution in [-0.4, -0.2) is 38.1 Å². The Hall–Kier alpha value is -2.90. The Kier molecular flexibility index (Phi) is 9.22. The molecular weight excluding hydrogens is 498 g/mol. The van der Waals surface area contributed by atoms with Crippen molar-refractivity contribution in [1.82, 2.24) is 14.7 Å². The van der Waals surface area contributed by atoms with Crippen LogP contribution < -0.4 is 4.74 Å². The highest BCUT2D eigenvalue weighted by molar-refractivity contribution is 8.26. The third kappa shape index (κ3) is 6.33. The van der Waals surface area contributed by atoms with Gasteiger partial charge in [0.05, 0.1) is 17.2 Å². The van der Waals surface area contributed by atoms with Crippen molar-refractivity contribution in [2.45, 2.75) is 53.4 Å². The summed E-state index contributed by atoms with van der Waals surface area (Å²) in [7, 11) is 0. The Labute approximate surface area is 229 Å². The van der Waals surface area contributed by atoms with E-state index >= 15 is 0 Å². The minimum Gasteiger partial charge on any atom is -0.494 e. The molecule has 194 valence electrons. The summed E-state index contributed by atoms with van der Waals surface area (Å²) in [6, 6.07) is 16.1. The molecule has 2 heterocycles. The maximum Gasteiger partial charge on any atom is 0.266 e. The highest BCUT2D eigenvalue weighted by atomic mass is 32.2. The fourth-order valence-corrected chi connectivity index (χ4v) is 5.78. The van der Waals surface area contributed by atoms with Gasteiger partial charge < -0.3 is 4.74 Å². The summed E-state index contributed by atoms with van der Waals surface area (Å²) >= 11 is 7.03. The van der Waals surface area contributed by atoms with Crippen LogP contribution in [-0.2, 0) is 4.79 Å². The van der Waals surface area contributed by atoms with Crippen LogP contribution in [0, 0.1) is 12.8 Å². The molecule has 1 unspecified atom stereocenters. The fourth-order valence-electron chi connectivity index (χ4n) is 4.52. The van der Waals surface area contributed by atoms with Crippen molar-refractivity contribution in [2.75, 3.05) is 13.2 Å². The number of ether oxygens (including phenoxy) is 1. The minimum absolute atomic E-state index is 0.00812. The lowest BCUT2D eigenvalue weighted by Crippen LogP contribution is -2.33. The molecule has 1 fully saturated rings. The number of benzene rings is 2. The smallest absolute Gasteiger partial charge is 0.266 e. The Morgan fingerprint density at radius 3 is 2.59 bits per heavy atom. The Bertz CT molecular complexity index is 1280. The molecule has 1 saturated heterocycles. The van der Waals surface area contributed by atoms with E-state index in [9.17, 15) is 4.79 Å². The molecule has 0 aliphatic carbocycles. The zero-order valence-corrected chi connectivity index (χ0v) is 23.7. The topological polar surface area (TPSA) is 47.4 Å². The number of carbonyl (C=O) groups excluding carboxylic acids is 1. The van der Waals surface area contributed by atoms with Crippen molar-refractivity contribution in [3.63, 3.8) is 0 Å². The molecule has 0 radical (unpaired) electrons. The van der Waals surface area contributed by atoms with E-state index in [0.717, 1.165) is 53.1 Å². The Morgan fingerprint density at radius 1 is 1.14 bits per heavy atom. The number of carbonyl (C=O) groups is 1. The second-order valence-corrected chi connectivity index (χ2v) is 11.0. The number of unbranched alkanes of at least 4 members (excludes halogenated alkanes) is 1. The lowest BCUT2D eigenvalue weighted by Gasteiger charge is -2.21. The van der Waals surface area contributed by atoms with E-state index < -0.39 is 0 Å². The van der Waals surface area contributed by atoms with Crippen molar-refractivity contribution in [2.24, 2.45) is 5.92 Å². The largest absolute Gasteiger partial charge is 0.494 e. The van der Waals surface area contributed by atoms with Gasteiger partial charge in [0.15, 0.2) is 0 Å². The Morgan fingerprint density at radius 2 is 1.92 bits per heavy atom. The number of hydrogen-bond donors (Lipinski definition) is 0. The molecule has 0 bridgehead atoms. The van der Waals surface area contributed by atoms with Gasteiger partial charge in [-0.2, -0.15) is 5.10 Å². The van der Waals surface area contributed by atoms with Crippen molar-refractivity contribution in [3.05, 3.63) is 70.8 Å². The quantitative estimate of drug-likeness (QED) is 0.187. The van der Waals surface area contributed by atoms with Gasteiger partial charge in [0.25, 0.3) is 5.91 Å². The van der Waals surface area contributed by atoms with E-state index in [0.29, 0.717) is 28.3 Å². The van der Waals surface area contributed by atoms with Crippen molar-refractivity contribution in [3.8, 4) is 22.7 Å². The summed E-state index contributed by atoms with van der Waals surface area (Å²) in [6.07, 6.45) is 8.43. The number of hydrogen-bond acceptors (Lipinski definition) is 5. The molecule has 4 rings (SSSR count). The number of aromatic nitrogens is 2. The molecule has 1 atom stereocenters. The van der Waals surface area contributed by atoms with Crippen LogP contribution in [0.1, 0.15) is 57.6 Å².